The Labute approximate surface area is 174 Å². The molecular formula is C25H33NO3. The Morgan fingerprint density at radius 1 is 1.03 bits per heavy atom. The van der Waals surface area contributed by atoms with Crippen LogP contribution in [0.1, 0.15) is 44.9 Å². The van der Waals surface area contributed by atoms with Crippen molar-refractivity contribution in [2.45, 2.75) is 46.6 Å². The molecule has 0 aliphatic carbocycles. The van der Waals surface area contributed by atoms with Crippen LogP contribution >= 0.6 is 0 Å². The van der Waals surface area contributed by atoms with Crippen molar-refractivity contribution in [2.75, 3.05) is 26.2 Å². The van der Waals surface area contributed by atoms with Crippen LogP contribution in [0.4, 0.5) is 0 Å². The zero-order valence-corrected chi connectivity index (χ0v) is 17.9. The van der Waals surface area contributed by atoms with E-state index in [0.717, 1.165) is 78.1 Å². The first kappa shape index (κ1) is 21.4. The van der Waals surface area contributed by atoms with Crippen molar-refractivity contribution in [3.05, 3.63) is 53.8 Å². The van der Waals surface area contributed by atoms with Gasteiger partial charge in [0, 0.05) is 23.9 Å². The number of ether oxygens (including phenoxy) is 1. The molecule has 0 saturated carbocycles. The summed E-state index contributed by atoms with van der Waals surface area (Å²) in [6.07, 6.45) is 3.07. The number of unbranched alkanes of at least 4 members (excludes halogenated alkanes) is 1. The Morgan fingerprint density at radius 2 is 1.83 bits per heavy atom. The summed E-state index contributed by atoms with van der Waals surface area (Å²) in [7, 11) is 0. The Kier molecular flexibility index (Phi) is 7.73. The van der Waals surface area contributed by atoms with Crippen molar-refractivity contribution in [3.8, 4) is 16.9 Å². The van der Waals surface area contributed by atoms with Gasteiger partial charge >= 0.3 is 0 Å². The average molecular weight is 396 g/mol. The van der Waals surface area contributed by atoms with Crippen LogP contribution in [0.3, 0.4) is 0 Å². The minimum Gasteiger partial charge on any atom is -0.492 e. The largest absolute Gasteiger partial charge is 0.492 e. The Balaban J connectivity index is 1.96. The molecule has 3 rings (SSSR count). The van der Waals surface area contributed by atoms with Crippen molar-refractivity contribution in [2.24, 2.45) is 0 Å². The molecule has 0 aliphatic heterocycles. The molecule has 0 atom stereocenters. The first-order chi connectivity index (χ1) is 14.2. The first-order valence-corrected chi connectivity index (χ1v) is 10.8. The highest BCUT2D eigenvalue weighted by molar-refractivity contribution is 5.96. The van der Waals surface area contributed by atoms with E-state index in [1.807, 2.05) is 30.3 Å². The summed E-state index contributed by atoms with van der Waals surface area (Å²) in [4.78, 5) is 2.34. The maximum absolute atomic E-state index is 9.98. The Bertz CT molecular complexity index is 912. The highest BCUT2D eigenvalue weighted by Gasteiger charge is 2.18. The SMILES string of the molecule is CCCCc1oc2ccccc2c1-c1cc(OCCN(CC)CC)ccc1CO. The third kappa shape index (κ3) is 5.01. The van der Waals surface area contributed by atoms with E-state index in [1.165, 1.54) is 0 Å². The second kappa shape index (κ2) is 10.5. The summed E-state index contributed by atoms with van der Waals surface area (Å²) in [6, 6.07) is 14.1. The first-order valence-electron chi connectivity index (χ1n) is 10.8. The van der Waals surface area contributed by atoms with Gasteiger partial charge in [0.25, 0.3) is 0 Å². The van der Waals surface area contributed by atoms with E-state index < -0.39 is 0 Å². The van der Waals surface area contributed by atoms with E-state index >= 15 is 0 Å². The molecule has 0 fully saturated rings. The zero-order valence-electron chi connectivity index (χ0n) is 17.9. The third-order valence-corrected chi connectivity index (χ3v) is 5.52. The number of benzene rings is 2. The molecule has 0 radical (unpaired) electrons. The molecule has 0 unspecified atom stereocenters. The summed E-state index contributed by atoms with van der Waals surface area (Å²) in [5.74, 6) is 1.82. The van der Waals surface area contributed by atoms with Gasteiger partial charge in [0.05, 0.1) is 6.61 Å². The van der Waals surface area contributed by atoms with Crippen molar-refractivity contribution >= 4 is 11.0 Å². The fourth-order valence-electron chi connectivity index (χ4n) is 3.75. The maximum atomic E-state index is 9.98. The molecule has 0 bridgehead atoms. The molecule has 1 aromatic heterocycles. The highest BCUT2D eigenvalue weighted by Crippen LogP contribution is 2.39. The number of fused-ring (bicyclic) bond motifs is 1. The number of aliphatic hydroxyl groups excluding tert-OH is 1. The second-order valence-corrected chi connectivity index (χ2v) is 7.35. The van der Waals surface area contributed by atoms with E-state index in [4.69, 9.17) is 9.15 Å². The molecule has 0 spiro atoms. The lowest BCUT2D eigenvalue weighted by Crippen LogP contribution is -2.27. The molecule has 0 aliphatic rings. The molecular weight excluding hydrogens is 362 g/mol. The van der Waals surface area contributed by atoms with E-state index in [2.05, 4.69) is 37.8 Å². The van der Waals surface area contributed by atoms with Crippen LogP contribution < -0.4 is 4.74 Å². The van der Waals surface area contributed by atoms with Gasteiger partial charge in [-0.2, -0.15) is 0 Å². The van der Waals surface area contributed by atoms with Crippen LogP contribution in [0.2, 0.25) is 0 Å². The smallest absolute Gasteiger partial charge is 0.134 e. The molecule has 0 saturated heterocycles. The van der Waals surface area contributed by atoms with Gasteiger partial charge in [-0.05, 0) is 48.8 Å². The molecule has 4 nitrogen and oxygen atoms in total. The fraction of sp³-hybridized carbons (Fsp3) is 0.440. The van der Waals surface area contributed by atoms with Gasteiger partial charge in [-0.3, -0.25) is 0 Å². The van der Waals surface area contributed by atoms with Crippen LogP contribution in [-0.4, -0.2) is 36.2 Å². The normalized spacial score (nSPS) is 11.5. The van der Waals surface area contributed by atoms with Crippen LogP contribution in [0.15, 0.2) is 46.9 Å². The lowest BCUT2D eigenvalue weighted by molar-refractivity contribution is 0.222. The predicted octanol–water partition coefficient (Wildman–Crippen LogP) is 5.66. The minimum atomic E-state index is -0.0121. The van der Waals surface area contributed by atoms with Crippen molar-refractivity contribution in [1.82, 2.24) is 4.90 Å². The summed E-state index contributed by atoms with van der Waals surface area (Å²) in [6.45, 7) is 10.1. The highest BCUT2D eigenvalue weighted by atomic mass is 16.5. The maximum Gasteiger partial charge on any atom is 0.134 e. The van der Waals surface area contributed by atoms with Crippen LogP contribution in [0, 0.1) is 0 Å². The number of furan rings is 1. The number of aryl methyl sites for hydroxylation is 1. The van der Waals surface area contributed by atoms with Crippen molar-refractivity contribution in [3.63, 3.8) is 0 Å². The van der Waals surface area contributed by atoms with Crippen molar-refractivity contribution < 1.29 is 14.3 Å². The average Bonchev–Trinajstić information content (AvgIpc) is 3.13. The molecule has 1 heterocycles. The molecule has 29 heavy (non-hydrogen) atoms. The van der Waals surface area contributed by atoms with Gasteiger partial charge in [-0.1, -0.05) is 51.5 Å². The fourth-order valence-corrected chi connectivity index (χ4v) is 3.75. The number of rotatable bonds is 11. The number of hydrogen-bond acceptors (Lipinski definition) is 4. The van der Waals surface area contributed by atoms with Crippen molar-refractivity contribution in [1.29, 1.82) is 0 Å². The van der Waals surface area contributed by atoms with Gasteiger partial charge in [0.15, 0.2) is 0 Å². The number of hydrogen-bond donors (Lipinski definition) is 1. The molecule has 156 valence electrons. The van der Waals surface area contributed by atoms with E-state index in [-0.39, 0.29) is 6.61 Å². The molecule has 0 amide bonds. The third-order valence-electron chi connectivity index (χ3n) is 5.52. The number of nitrogens with zero attached hydrogens (tertiary/aromatic N) is 1. The van der Waals surface area contributed by atoms with E-state index in [9.17, 15) is 5.11 Å². The van der Waals surface area contributed by atoms with Gasteiger partial charge in [-0.25, -0.2) is 0 Å². The minimum absolute atomic E-state index is 0.0121. The molecule has 1 N–H and O–H groups in total. The van der Waals surface area contributed by atoms with Crippen LogP contribution in [-0.2, 0) is 13.0 Å². The number of para-hydroxylation sites is 1. The topological polar surface area (TPSA) is 45.8 Å². The second-order valence-electron chi connectivity index (χ2n) is 7.35. The van der Waals surface area contributed by atoms with Gasteiger partial charge < -0.3 is 19.2 Å². The van der Waals surface area contributed by atoms with Gasteiger partial charge in [0.1, 0.15) is 23.7 Å². The van der Waals surface area contributed by atoms with Gasteiger partial charge in [-0.15, -0.1) is 0 Å². The number of aliphatic hydroxyl groups is 1. The summed E-state index contributed by atoms with van der Waals surface area (Å²) < 4.78 is 12.3. The quantitative estimate of drug-likeness (QED) is 0.455. The summed E-state index contributed by atoms with van der Waals surface area (Å²) in [5, 5.41) is 11.1. The Hall–Kier alpha value is -2.30. The Morgan fingerprint density at radius 3 is 2.55 bits per heavy atom. The molecule has 2 aromatic carbocycles. The summed E-state index contributed by atoms with van der Waals surface area (Å²) >= 11 is 0. The predicted molar refractivity (Wildman–Crippen MR) is 119 cm³/mol. The van der Waals surface area contributed by atoms with Gasteiger partial charge in [0.2, 0.25) is 0 Å². The lowest BCUT2D eigenvalue weighted by Gasteiger charge is -2.18. The monoisotopic (exact) mass is 395 g/mol. The van der Waals surface area contributed by atoms with E-state index in [1.54, 1.807) is 0 Å². The van der Waals surface area contributed by atoms with Crippen LogP contribution in [0.5, 0.6) is 5.75 Å². The molecule has 4 heteroatoms. The van der Waals surface area contributed by atoms with E-state index in [0.29, 0.717) is 6.61 Å². The zero-order chi connectivity index (χ0) is 20.6. The summed E-state index contributed by atoms with van der Waals surface area (Å²) in [5.41, 5.74) is 3.88. The number of likely N-dealkylation sites (N-methyl/N-ethyl adjacent to an activating group) is 1. The lowest BCUT2D eigenvalue weighted by atomic mass is 9.95. The van der Waals surface area contributed by atoms with Crippen LogP contribution in [0.25, 0.3) is 22.1 Å². The standard InChI is InChI=1S/C25H33NO3/c1-4-7-11-24-25(21-10-8-9-12-23(21)29-24)22-17-20(14-13-19(22)18-27)28-16-15-26(5-2)6-3/h8-10,12-14,17,27H,4-7,11,15-16,18H2,1-3H3. The molecule has 3 aromatic rings.